The fourth-order valence-corrected chi connectivity index (χ4v) is 2.93. The Kier molecular flexibility index (Phi) is 4.65. The van der Waals surface area contributed by atoms with Crippen LogP contribution in [0.15, 0.2) is 36.4 Å². The number of carbonyl (C=O) groups excluding carboxylic acids is 1. The van der Waals surface area contributed by atoms with Crippen molar-refractivity contribution in [3.63, 3.8) is 0 Å². The van der Waals surface area contributed by atoms with Gasteiger partial charge in [-0.05, 0) is 12.1 Å². The Labute approximate surface area is 143 Å². The molecule has 1 N–H and O–H groups in total. The molecule has 0 bridgehead atoms. The Morgan fingerprint density at radius 2 is 1.71 bits per heavy atom. The third-order valence-electron chi connectivity index (χ3n) is 4.45. The van der Waals surface area contributed by atoms with Crippen LogP contribution in [0.2, 0.25) is 0 Å². The van der Waals surface area contributed by atoms with Crippen molar-refractivity contribution in [2.45, 2.75) is 26.6 Å². The summed E-state index contributed by atoms with van der Waals surface area (Å²) in [4.78, 5) is 13.7. The highest BCUT2D eigenvalue weighted by atomic mass is 16.7. The van der Waals surface area contributed by atoms with Crippen molar-refractivity contribution >= 4 is 11.6 Å². The second-order valence-electron chi connectivity index (χ2n) is 7.33. The summed E-state index contributed by atoms with van der Waals surface area (Å²) in [7, 11) is 0. The number of amides is 1. The maximum Gasteiger partial charge on any atom is 0.217 e. The molecule has 0 saturated carbocycles. The molecule has 3 rings (SSSR count). The molecule has 5 heteroatoms. The fraction of sp³-hybridized carbons (Fsp3) is 0.526. The zero-order valence-corrected chi connectivity index (χ0v) is 14.7. The Morgan fingerprint density at radius 1 is 1.12 bits per heavy atom. The van der Waals surface area contributed by atoms with Crippen LogP contribution in [0.25, 0.3) is 0 Å². The average Bonchev–Trinajstić information content (AvgIpc) is 3.09. The summed E-state index contributed by atoms with van der Waals surface area (Å²) in [6.07, 6.45) is 4.34. The van der Waals surface area contributed by atoms with E-state index < -0.39 is 5.79 Å². The van der Waals surface area contributed by atoms with Gasteiger partial charge in [0.25, 0.3) is 0 Å². The van der Waals surface area contributed by atoms with Crippen LogP contribution in [-0.4, -0.2) is 38.8 Å². The smallest absolute Gasteiger partial charge is 0.217 e. The Bertz CT molecular complexity index is 604. The number of hydrogen-bond acceptors (Lipinski definition) is 4. The van der Waals surface area contributed by atoms with Crippen molar-refractivity contribution in [1.82, 2.24) is 5.32 Å². The lowest BCUT2D eigenvalue weighted by Gasteiger charge is -2.43. The molecule has 0 atom stereocenters. The van der Waals surface area contributed by atoms with Crippen LogP contribution in [0.1, 0.15) is 26.3 Å². The molecule has 1 saturated heterocycles. The van der Waals surface area contributed by atoms with Crippen molar-refractivity contribution in [2.75, 3.05) is 37.7 Å². The summed E-state index contributed by atoms with van der Waals surface area (Å²) in [6.45, 7) is 9.09. The van der Waals surface area contributed by atoms with E-state index in [1.807, 2.05) is 12.1 Å². The van der Waals surface area contributed by atoms with Crippen molar-refractivity contribution in [3.05, 3.63) is 42.0 Å². The predicted molar refractivity (Wildman–Crippen MR) is 93.8 cm³/mol. The first kappa shape index (κ1) is 17.0. The van der Waals surface area contributed by atoms with Gasteiger partial charge in [-0.2, -0.15) is 0 Å². The lowest BCUT2D eigenvalue weighted by Crippen LogP contribution is -2.51. The second kappa shape index (κ2) is 6.57. The molecular weight excluding hydrogens is 304 g/mol. The van der Waals surface area contributed by atoms with Gasteiger partial charge < -0.3 is 19.7 Å². The summed E-state index contributed by atoms with van der Waals surface area (Å²) in [5.41, 5.74) is 2.08. The van der Waals surface area contributed by atoms with Crippen molar-refractivity contribution in [2.24, 2.45) is 5.41 Å². The molecule has 24 heavy (non-hydrogen) atoms. The van der Waals surface area contributed by atoms with Gasteiger partial charge >= 0.3 is 0 Å². The van der Waals surface area contributed by atoms with E-state index in [0.29, 0.717) is 19.8 Å². The molecule has 0 aliphatic carbocycles. The highest BCUT2D eigenvalue weighted by Crippen LogP contribution is 2.37. The summed E-state index contributed by atoms with van der Waals surface area (Å²) in [6, 6.07) is 8.25. The van der Waals surface area contributed by atoms with Gasteiger partial charge in [0, 0.05) is 36.7 Å². The first-order chi connectivity index (χ1) is 11.4. The normalized spacial score (nSPS) is 21.7. The monoisotopic (exact) mass is 330 g/mol. The van der Waals surface area contributed by atoms with E-state index in [0.717, 1.165) is 18.7 Å². The number of benzene rings is 1. The number of carbonyl (C=O) groups is 1. The van der Waals surface area contributed by atoms with E-state index in [-0.39, 0.29) is 11.3 Å². The molecule has 0 radical (unpaired) electrons. The molecule has 1 amide bonds. The molecular formula is C19H26N2O3. The molecule has 1 fully saturated rings. The molecule has 0 spiro atoms. The summed E-state index contributed by atoms with van der Waals surface area (Å²) in [5, 5.41) is 2.84. The number of rotatable bonds is 4. The van der Waals surface area contributed by atoms with Gasteiger partial charge in [-0.15, -0.1) is 0 Å². The highest BCUT2D eigenvalue weighted by Gasteiger charge is 2.42. The van der Waals surface area contributed by atoms with Crippen molar-refractivity contribution in [3.8, 4) is 0 Å². The van der Waals surface area contributed by atoms with Crippen LogP contribution < -0.4 is 10.2 Å². The van der Waals surface area contributed by atoms with Crippen LogP contribution in [0.3, 0.4) is 0 Å². The number of ether oxygens (including phenoxy) is 2. The van der Waals surface area contributed by atoms with Crippen LogP contribution >= 0.6 is 0 Å². The topological polar surface area (TPSA) is 50.8 Å². The molecule has 0 unspecified atom stereocenters. The zero-order chi connectivity index (χ0) is 17.2. The van der Waals surface area contributed by atoms with Gasteiger partial charge in [0.1, 0.15) is 0 Å². The maximum absolute atomic E-state index is 11.4. The molecule has 1 aromatic carbocycles. The van der Waals surface area contributed by atoms with Gasteiger partial charge in [-0.3, -0.25) is 4.79 Å². The SMILES string of the molecule is CC(=O)NCC1(c2ccc(N3CC=CC3)cc2)OCC(C)(C)CO1. The van der Waals surface area contributed by atoms with Gasteiger partial charge in [-0.1, -0.05) is 38.1 Å². The largest absolute Gasteiger partial charge is 0.364 e. The Hall–Kier alpha value is -1.85. The number of nitrogens with zero attached hydrogens (tertiary/aromatic N) is 1. The van der Waals surface area contributed by atoms with Gasteiger partial charge in [0.15, 0.2) is 0 Å². The number of nitrogens with one attached hydrogen (secondary N) is 1. The summed E-state index contributed by atoms with van der Waals surface area (Å²) < 4.78 is 12.2. The third-order valence-corrected chi connectivity index (χ3v) is 4.45. The standard InChI is InChI=1S/C19H26N2O3/c1-15(22)20-12-19(23-13-18(2,3)14-24-19)16-6-8-17(9-7-16)21-10-4-5-11-21/h4-9H,10-14H2,1-3H3,(H,20,22). The third kappa shape index (κ3) is 3.62. The van der Waals surface area contributed by atoms with E-state index >= 15 is 0 Å². The van der Waals surface area contributed by atoms with Crippen molar-refractivity contribution < 1.29 is 14.3 Å². The van der Waals surface area contributed by atoms with Gasteiger partial charge in [0.05, 0.1) is 19.8 Å². The maximum atomic E-state index is 11.4. The van der Waals surface area contributed by atoms with Gasteiger partial charge in [-0.25, -0.2) is 0 Å². The highest BCUT2D eigenvalue weighted by molar-refractivity contribution is 5.72. The van der Waals surface area contributed by atoms with Crippen LogP contribution in [0.5, 0.6) is 0 Å². The Morgan fingerprint density at radius 3 is 2.25 bits per heavy atom. The lowest BCUT2D eigenvalue weighted by molar-refractivity contribution is -0.304. The number of anilines is 1. The molecule has 2 aliphatic heterocycles. The van der Waals surface area contributed by atoms with Crippen LogP contribution in [0.4, 0.5) is 5.69 Å². The minimum Gasteiger partial charge on any atom is -0.364 e. The molecule has 5 nitrogen and oxygen atoms in total. The summed E-state index contributed by atoms with van der Waals surface area (Å²) in [5.74, 6) is -1.01. The predicted octanol–water partition coefficient (Wildman–Crippen LogP) is 2.42. The van der Waals surface area contributed by atoms with Gasteiger partial charge in [0.2, 0.25) is 11.7 Å². The molecule has 0 aromatic heterocycles. The van der Waals surface area contributed by atoms with Crippen LogP contribution in [-0.2, 0) is 20.1 Å². The second-order valence-corrected chi connectivity index (χ2v) is 7.33. The molecule has 130 valence electrons. The quantitative estimate of drug-likeness (QED) is 0.862. The van der Waals surface area contributed by atoms with E-state index in [2.05, 4.69) is 48.3 Å². The fourth-order valence-electron chi connectivity index (χ4n) is 2.93. The molecule has 2 aliphatic rings. The average molecular weight is 330 g/mol. The minimum atomic E-state index is -0.914. The zero-order valence-electron chi connectivity index (χ0n) is 14.7. The first-order valence-electron chi connectivity index (χ1n) is 8.43. The van der Waals surface area contributed by atoms with E-state index in [1.165, 1.54) is 12.6 Å². The molecule has 2 heterocycles. The lowest BCUT2D eigenvalue weighted by atomic mass is 9.93. The van der Waals surface area contributed by atoms with Crippen molar-refractivity contribution in [1.29, 1.82) is 0 Å². The minimum absolute atomic E-state index is 0.0269. The molecule has 1 aromatic rings. The number of hydrogen-bond donors (Lipinski definition) is 1. The summed E-state index contributed by atoms with van der Waals surface area (Å²) >= 11 is 0. The van der Waals surface area contributed by atoms with E-state index in [4.69, 9.17) is 9.47 Å². The van der Waals surface area contributed by atoms with E-state index in [9.17, 15) is 4.79 Å². The Balaban J connectivity index is 1.81. The van der Waals surface area contributed by atoms with Crippen LogP contribution in [0, 0.1) is 5.41 Å². The first-order valence-corrected chi connectivity index (χ1v) is 8.43. The van der Waals surface area contributed by atoms with E-state index in [1.54, 1.807) is 0 Å².